The van der Waals surface area contributed by atoms with Crippen LogP contribution in [0.15, 0.2) is 77.7 Å². The van der Waals surface area contributed by atoms with E-state index in [1.165, 1.54) is 15.6 Å². The average Bonchev–Trinajstić information content (AvgIpc) is 3.33. The summed E-state index contributed by atoms with van der Waals surface area (Å²) in [5, 5.41) is 0.599. The summed E-state index contributed by atoms with van der Waals surface area (Å²) in [6.07, 6.45) is 0.635. The molecule has 0 atom stereocenters. The van der Waals surface area contributed by atoms with Crippen LogP contribution in [0.1, 0.15) is 18.4 Å². The van der Waals surface area contributed by atoms with Crippen LogP contribution in [-0.2, 0) is 21.4 Å². The Hall–Kier alpha value is -3.21. The van der Waals surface area contributed by atoms with Crippen LogP contribution < -0.4 is 4.90 Å². The van der Waals surface area contributed by atoms with E-state index < -0.39 is 27.6 Å². The highest BCUT2D eigenvalue weighted by molar-refractivity contribution is 7.89. The summed E-state index contributed by atoms with van der Waals surface area (Å²) in [5.74, 6) is -2.82. The number of thiazole rings is 1. The third kappa shape index (κ3) is 4.88. The topological polar surface area (TPSA) is 70.6 Å². The van der Waals surface area contributed by atoms with E-state index in [1.807, 2.05) is 54.6 Å². The lowest BCUT2D eigenvalue weighted by Gasteiger charge is -2.33. The standard InChI is InChI=1S/C26H23F2N3O3S2/c27-21-11-10-20(16-22(21)28)36(33,34)30-14-12-19(13-15-30)25(32)31(17-18-6-2-1-3-7-18)26-29-23-8-4-5-9-24(23)35-26/h1-11,16,19H,12-15,17H2. The largest absolute Gasteiger partial charge is 0.283 e. The minimum atomic E-state index is -4.00. The number of hydrogen-bond donors (Lipinski definition) is 0. The van der Waals surface area contributed by atoms with E-state index in [9.17, 15) is 22.0 Å². The molecule has 1 fully saturated rings. The number of nitrogens with zero attached hydrogens (tertiary/aromatic N) is 3. The molecule has 186 valence electrons. The normalized spacial score (nSPS) is 15.3. The number of benzene rings is 3. The summed E-state index contributed by atoms with van der Waals surface area (Å²) in [5.41, 5.74) is 1.78. The third-order valence-corrected chi connectivity index (χ3v) is 9.25. The molecule has 0 unspecified atom stereocenters. The number of hydrogen-bond acceptors (Lipinski definition) is 5. The second kappa shape index (κ2) is 10.0. The first-order valence-electron chi connectivity index (χ1n) is 11.5. The molecular weight excluding hydrogens is 504 g/mol. The molecule has 1 aliphatic rings. The number of amides is 1. The van der Waals surface area contributed by atoms with E-state index in [-0.39, 0.29) is 23.9 Å². The molecule has 0 radical (unpaired) electrons. The highest BCUT2D eigenvalue weighted by atomic mass is 32.2. The minimum absolute atomic E-state index is 0.108. The lowest BCUT2D eigenvalue weighted by atomic mass is 9.96. The molecule has 3 aromatic carbocycles. The second-order valence-corrected chi connectivity index (χ2v) is 11.6. The van der Waals surface area contributed by atoms with Gasteiger partial charge in [0.1, 0.15) is 0 Å². The first-order chi connectivity index (χ1) is 17.3. The zero-order valence-electron chi connectivity index (χ0n) is 19.2. The van der Waals surface area contributed by atoms with E-state index in [0.717, 1.165) is 27.9 Å². The fourth-order valence-electron chi connectivity index (χ4n) is 4.33. The summed E-state index contributed by atoms with van der Waals surface area (Å²) in [7, 11) is -4.00. The Morgan fingerprint density at radius 1 is 0.972 bits per heavy atom. The van der Waals surface area contributed by atoms with Crippen molar-refractivity contribution >= 4 is 42.6 Å². The molecule has 0 aliphatic carbocycles. The van der Waals surface area contributed by atoms with Crippen LogP contribution in [0.2, 0.25) is 0 Å². The summed E-state index contributed by atoms with van der Waals surface area (Å²) in [6, 6.07) is 19.9. The van der Waals surface area contributed by atoms with Gasteiger partial charge in [0.15, 0.2) is 16.8 Å². The number of carbonyl (C=O) groups excluding carboxylic acids is 1. The number of halogens is 2. The van der Waals surface area contributed by atoms with Gasteiger partial charge in [-0.2, -0.15) is 4.31 Å². The van der Waals surface area contributed by atoms with Crippen LogP contribution in [-0.4, -0.2) is 36.7 Å². The van der Waals surface area contributed by atoms with E-state index in [2.05, 4.69) is 4.98 Å². The van der Waals surface area contributed by atoms with Crippen molar-refractivity contribution in [2.24, 2.45) is 5.92 Å². The van der Waals surface area contributed by atoms with Crippen molar-refractivity contribution < 1.29 is 22.0 Å². The average molecular weight is 528 g/mol. The van der Waals surface area contributed by atoms with E-state index in [1.54, 1.807) is 4.90 Å². The molecule has 2 heterocycles. The van der Waals surface area contributed by atoms with Gasteiger partial charge < -0.3 is 0 Å². The smallest absolute Gasteiger partial charge is 0.243 e. The molecule has 0 N–H and O–H groups in total. The number of anilines is 1. The Labute approximate surface area is 211 Å². The first-order valence-corrected chi connectivity index (χ1v) is 13.7. The fraction of sp³-hybridized carbons (Fsp3) is 0.231. The number of fused-ring (bicyclic) bond motifs is 1. The number of para-hydroxylation sites is 1. The highest BCUT2D eigenvalue weighted by Gasteiger charge is 2.35. The molecule has 5 rings (SSSR count). The molecular formula is C26H23F2N3O3S2. The third-order valence-electron chi connectivity index (χ3n) is 6.30. The lowest BCUT2D eigenvalue weighted by molar-refractivity contribution is -0.123. The van der Waals surface area contributed by atoms with Crippen molar-refractivity contribution in [1.82, 2.24) is 9.29 Å². The summed E-state index contributed by atoms with van der Waals surface area (Å²) in [4.78, 5) is 19.8. The summed E-state index contributed by atoms with van der Waals surface area (Å²) >= 11 is 1.44. The van der Waals surface area contributed by atoms with Crippen LogP contribution in [0.5, 0.6) is 0 Å². The van der Waals surface area contributed by atoms with E-state index in [4.69, 9.17) is 0 Å². The maximum absolute atomic E-state index is 13.7. The number of sulfonamides is 1. The summed E-state index contributed by atoms with van der Waals surface area (Å²) in [6.45, 7) is 0.570. The van der Waals surface area contributed by atoms with Crippen molar-refractivity contribution in [3.63, 3.8) is 0 Å². The number of piperidine rings is 1. The van der Waals surface area contributed by atoms with Gasteiger partial charge in [0.25, 0.3) is 0 Å². The number of aromatic nitrogens is 1. The van der Waals surface area contributed by atoms with Gasteiger partial charge in [-0.15, -0.1) is 0 Å². The van der Waals surface area contributed by atoms with Gasteiger partial charge in [0.05, 0.1) is 21.7 Å². The molecule has 1 aromatic heterocycles. The van der Waals surface area contributed by atoms with Crippen molar-refractivity contribution in [1.29, 1.82) is 0 Å². The Morgan fingerprint density at radius 2 is 1.67 bits per heavy atom. The molecule has 0 saturated carbocycles. The van der Waals surface area contributed by atoms with Gasteiger partial charge in [-0.1, -0.05) is 53.8 Å². The molecule has 1 amide bonds. The Kier molecular flexibility index (Phi) is 6.83. The van der Waals surface area contributed by atoms with Crippen LogP contribution >= 0.6 is 11.3 Å². The lowest BCUT2D eigenvalue weighted by Crippen LogP contribution is -2.44. The van der Waals surface area contributed by atoms with Crippen LogP contribution in [0.4, 0.5) is 13.9 Å². The van der Waals surface area contributed by atoms with Gasteiger partial charge in [-0.3, -0.25) is 9.69 Å². The van der Waals surface area contributed by atoms with Crippen molar-refractivity contribution in [2.45, 2.75) is 24.3 Å². The van der Waals surface area contributed by atoms with Crippen molar-refractivity contribution in [3.05, 3.63) is 90.0 Å². The van der Waals surface area contributed by atoms with Crippen LogP contribution in [0.25, 0.3) is 10.2 Å². The Morgan fingerprint density at radius 3 is 2.36 bits per heavy atom. The quantitative estimate of drug-likeness (QED) is 0.345. The molecule has 10 heteroatoms. The molecule has 0 spiro atoms. The van der Waals surface area contributed by atoms with Gasteiger partial charge >= 0.3 is 0 Å². The SMILES string of the molecule is O=C(C1CCN(S(=O)(=O)c2ccc(F)c(F)c2)CC1)N(Cc1ccccc1)c1nc2ccccc2s1. The first kappa shape index (κ1) is 24.5. The Balaban J connectivity index is 1.36. The molecule has 6 nitrogen and oxygen atoms in total. The van der Waals surface area contributed by atoms with Gasteiger partial charge in [0, 0.05) is 19.0 Å². The Bertz CT molecular complexity index is 1470. The maximum atomic E-state index is 13.7. The van der Waals surface area contributed by atoms with Crippen LogP contribution in [0.3, 0.4) is 0 Å². The van der Waals surface area contributed by atoms with Crippen LogP contribution in [0, 0.1) is 17.6 Å². The van der Waals surface area contributed by atoms with Crippen molar-refractivity contribution in [3.8, 4) is 0 Å². The molecule has 36 heavy (non-hydrogen) atoms. The van der Waals surface area contributed by atoms with Gasteiger partial charge in [-0.05, 0) is 48.7 Å². The van der Waals surface area contributed by atoms with E-state index in [0.29, 0.717) is 30.6 Å². The van der Waals surface area contributed by atoms with Gasteiger partial charge in [0.2, 0.25) is 15.9 Å². The second-order valence-electron chi connectivity index (χ2n) is 8.63. The van der Waals surface area contributed by atoms with E-state index >= 15 is 0 Å². The maximum Gasteiger partial charge on any atom is 0.243 e. The highest BCUT2D eigenvalue weighted by Crippen LogP contribution is 2.33. The minimum Gasteiger partial charge on any atom is -0.283 e. The zero-order chi connectivity index (χ0) is 25.3. The number of carbonyl (C=O) groups is 1. The predicted octanol–water partition coefficient (Wildman–Crippen LogP) is 5.21. The predicted molar refractivity (Wildman–Crippen MR) is 135 cm³/mol. The van der Waals surface area contributed by atoms with Crippen molar-refractivity contribution in [2.75, 3.05) is 18.0 Å². The van der Waals surface area contributed by atoms with Gasteiger partial charge in [-0.25, -0.2) is 22.2 Å². The monoisotopic (exact) mass is 527 g/mol. The molecule has 1 aliphatic heterocycles. The molecule has 4 aromatic rings. The number of rotatable bonds is 6. The molecule has 1 saturated heterocycles. The summed E-state index contributed by atoms with van der Waals surface area (Å²) < 4.78 is 55.0. The zero-order valence-corrected chi connectivity index (χ0v) is 20.8. The molecule has 0 bridgehead atoms. The fourth-order valence-corrected chi connectivity index (χ4v) is 6.78.